The molecule has 0 aliphatic carbocycles. The van der Waals surface area contributed by atoms with E-state index in [4.69, 9.17) is 4.42 Å². The van der Waals surface area contributed by atoms with Crippen molar-refractivity contribution in [2.24, 2.45) is 0 Å². The fourth-order valence-corrected chi connectivity index (χ4v) is 3.00. The average molecular weight is 372 g/mol. The van der Waals surface area contributed by atoms with Crippen LogP contribution in [0.25, 0.3) is 23.0 Å². The molecular weight excluding hydrogens is 352 g/mol. The quantitative estimate of drug-likeness (QED) is 0.561. The summed E-state index contributed by atoms with van der Waals surface area (Å²) in [5.74, 6) is 0.709. The van der Waals surface area contributed by atoms with Crippen LogP contribution in [-0.2, 0) is 11.3 Å². The molecule has 0 spiro atoms. The van der Waals surface area contributed by atoms with Crippen LogP contribution in [0.2, 0.25) is 0 Å². The first-order valence-corrected chi connectivity index (χ1v) is 9.02. The second-order valence-electron chi connectivity index (χ2n) is 6.60. The first-order valence-electron chi connectivity index (χ1n) is 9.02. The van der Waals surface area contributed by atoms with Crippen molar-refractivity contribution in [3.05, 3.63) is 78.0 Å². The van der Waals surface area contributed by atoms with Crippen LogP contribution in [-0.4, -0.2) is 20.7 Å². The molecule has 28 heavy (non-hydrogen) atoms. The molecular formula is C22H20N4O2. The van der Waals surface area contributed by atoms with E-state index in [-0.39, 0.29) is 12.5 Å². The van der Waals surface area contributed by atoms with E-state index in [0.29, 0.717) is 17.5 Å². The highest BCUT2D eigenvalue weighted by Gasteiger charge is 2.15. The van der Waals surface area contributed by atoms with Crippen LogP contribution in [0, 0.1) is 13.8 Å². The summed E-state index contributed by atoms with van der Waals surface area (Å²) in [7, 11) is 0. The molecule has 4 rings (SSSR count). The van der Waals surface area contributed by atoms with Gasteiger partial charge in [-0.3, -0.25) is 4.79 Å². The first kappa shape index (κ1) is 17.7. The molecule has 0 unspecified atom stereocenters. The Morgan fingerprint density at radius 3 is 2.57 bits per heavy atom. The zero-order chi connectivity index (χ0) is 19.5. The van der Waals surface area contributed by atoms with Gasteiger partial charge in [-0.25, -0.2) is 0 Å². The van der Waals surface area contributed by atoms with Gasteiger partial charge in [-0.1, -0.05) is 30.3 Å². The molecule has 2 heterocycles. The van der Waals surface area contributed by atoms with Gasteiger partial charge >= 0.3 is 0 Å². The second kappa shape index (κ2) is 7.52. The van der Waals surface area contributed by atoms with E-state index in [1.807, 2.05) is 80.7 Å². The van der Waals surface area contributed by atoms with Crippen LogP contribution >= 0.6 is 0 Å². The molecule has 2 aromatic carbocycles. The van der Waals surface area contributed by atoms with E-state index in [1.54, 1.807) is 4.57 Å². The number of aryl methyl sites for hydroxylation is 1. The highest BCUT2D eigenvalue weighted by atomic mass is 16.4. The van der Waals surface area contributed by atoms with E-state index >= 15 is 0 Å². The Morgan fingerprint density at radius 1 is 0.964 bits per heavy atom. The summed E-state index contributed by atoms with van der Waals surface area (Å²) in [6.07, 6.45) is 1.82. The maximum Gasteiger partial charge on any atom is 0.264 e. The number of carbonyl (C=O) groups is 1. The van der Waals surface area contributed by atoms with Crippen LogP contribution in [0.1, 0.15) is 11.1 Å². The lowest BCUT2D eigenvalue weighted by atomic mass is 10.1. The van der Waals surface area contributed by atoms with Crippen molar-refractivity contribution in [3.63, 3.8) is 0 Å². The molecule has 0 aliphatic rings. The van der Waals surface area contributed by atoms with Crippen molar-refractivity contribution < 1.29 is 9.21 Å². The predicted octanol–water partition coefficient (Wildman–Crippen LogP) is 4.46. The number of nitrogens with one attached hydrogen (secondary N) is 1. The van der Waals surface area contributed by atoms with Gasteiger partial charge in [0, 0.05) is 17.4 Å². The molecule has 0 saturated carbocycles. The highest BCUT2D eigenvalue weighted by molar-refractivity contribution is 5.91. The van der Waals surface area contributed by atoms with Gasteiger partial charge in [0.15, 0.2) is 0 Å². The standard InChI is InChI=1S/C22H20N4O2/c1-15-8-6-11-18(16(15)2)23-20(27)14-26-13-7-12-19(26)22-25-24-21(28-22)17-9-4-3-5-10-17/h3-13H,14H2,1-2H3,(H,23,27). The first-order chi connectivity index (χ1) is 13.6. The number of carbonyl (C=O) groups excluding carboxylic acids is 1. The minimum Gasteiger partial charge on any atom is -0.415 e. The summed E-state index contributed by atoms with van der Waals surface area (Å²) in [6, 6.07) is 19.2. The molecule has 2 aromatic heterocycles. The number of anilines is 1. The largest absolute Gasteiger partial charge is 0.415 e. The van der Waals surface area contributed by atoms with Gasteiger partial charge in [0.2, 0.25) is 11.8 Å². The number of aromatic nitrogens is 3. The highest BCUT2D eigenvalue weighted by Crippen LogP contribution is 2.24. The Balaban J connectivity index is 1.53. The number of rotatable bonds is 5. The van der Waals surface area contributed by atoms with E-state index in [2.05, 4.69) is 15.5 Å². The lowest BCUT2D eigenvalue weighted by Crippen LogP contribution is -2.19. The Kier molecular flexibility index (Phi) is 4.76. The van der Waals surface area contributed by atoms with E-state index < -0.39 is 0 Å². The average Bonchev–Trinajstić information content (AvgIpc) is 3.35. The summed E-state index contributed by atoms with van der Waals surface area (Å²) >= 11 is 0. The molecule has 0 saturated heterocycles. The van der Waals surface area contributed by atoms with Crippen molar-refractivity contribution in [3.8, 4) is 23.0 Å². The Bertz CT molecular complexity index is 1110. The predicted molar refractivity (Wildman–Crippen MR) is 108 cm³/mol. The van der Waals surface area contributed by atoms with E-state index in [1.165, 1.54) is 0 Å². The van der Waals surface area contributed by atoms with E-state index in [9.17, 15) is 4.79 Å². The van der Waals surface area contributed by atoms with Gasteiger partial charge in [0.05, 0.1) is 0 Å². The van der Waals surface area contributed by atoms with Gasteiger partial charge in [-0.15, -0.1) is 10.2 Å². The Labute approximate surface area is 162 Å². The third-order valence-corrected chi connectivity index (χ3v) is 4.69. The number of nitrogens with zero attached hydrogens (tertiary/aromatic N) is 3. The van der Waals surface area contributed by atoms with Crippen LogP contribution < -0.4 is 5.32 Å². The smallest absolute Gasteiger partial charge is 0.264 e. The third kappa shape index (κ3) is 3.57. The maximum absolute atomic E-state index is 12.6. The summed E-state index contributed by atoms with van der Waals surface area (Å²) in [5, 5.41) is 11.2. The van der Waals surface area contributed by atoms with Gasteiger partial charge in [-0.05, 0) is 55.3 Å². The molecule has 0 aliphatic heterocycles. The number of hydrogen-bond donors (Lipinski definition) is 1. The van der Waals surface area contributed by atoms with Gasteiger partial charge < -0.3 is 14.3 Å². The topological polar surface area (TPSA) is 73.0 Å². The van der Waals surface area contributed by atoms with Gasteiger partial charge in [-0.2, -0.15) is 0 Å². The van der Waals surface area contributed by atoms with Crippen LogP contribution in [0.15, 0.2) is 71.3 Å². The van der Waals surface area contributed by atoms with Crippen LogP contribution in [0.3, 0.4) is 0 Å². The summed E-state index contributed by atoms with van der Waals surface area (Å²) in [6.45, 7) is 4.17. The zero-order valence-corrected chi connectivity index (χ0v) is 15.7. The van der Waals surface area contributed by atoms with Crippen molar-refractivity contribution in [2.45, 2.75) is 20.4 Å². The minimum atomic E-state index is -0.117. The van der Waals surface area contributed by atoms with E-state index in [0.717, 1.165) is 22.4 Å². The molecule has 0 fully saturated rings. The monoisotopic (exact) mass is 372 g/mol. The summed E-state index contributed by atoms with van der Waals surface area (Å²) in [4.78, 5) is 12.6. The van der Waals surface area contributed by atoms with Crippen molar-refractivity contribution in [1.29, 1.82) is 0 Å². The van der Waals surface area contributed by atoms with Crippen molar-refractivity contribution in [1.82, 2.24) is 14.8 Å². The lowest BCUT2D eigenvalue weighted by Gasteiger charge is -2.11. The second-order valence-corrected chi connectivity index (χ2v) is 6.60. The molecule has 6 heteroatoms. The van der Waals surface area contributed by atoms with Crippen molar-refractivity contribution in [2.75, 3.05) is 5.32 Å². The Hall–Kier alpha value is -3.67. The third-order valence-electron chi connectivity index (χ3n) is 4.69. The molecule has 6 nitrogen and oxygen atoms in total. The molecule has 1 amide bonds. The number of hydrogen-bond acceptors (Lipinski definition) is 4. The molecule has 0 atom stereocenters. The van der Waals surface area contributed by atoms with Crippen molar-refractivity contribution >= 4 is 11.6 Å². The molecule has 4 aromatic rings. The summed E-state index contributed by atoms with van der Waals surface area (Å²) in [5.41, 5.74) is 4.58. The number of amides is 1. The molecule has 140 valence electrons. The SMILES string of the molecule is Cc1cccc(NC(=O)Cn2cccc2-c2nnc(-c3ccccc3)o2)c1C. The van der Waals surface area contributed by atoms with Crippen LogP contribution in [0.5, 0.6) is 0 Å². The minimum absolute atomic E-state index is 0.117. The maximum atomic E-state index is 12.6. The lowest BCUT2D eigenvalue weighted by molar-refractivity contribution is -0.116. The molecule has 0 bridgehead atoms. The fourth-order valence-electron chi connectivity index (χ4n) is 3.00. The number of benzene rings is 2. The molecule has 0 radical (unpaired) electrons. The van der Waals surface area contributed by atoms with Crippen LogP contribution in [0.4, 0.5) is 5.69 Å². The van der Waals surface area contributed by atoms with Gasteiger partial charge in [0.25, 0.3) is 5.89 Å². The summed E-state index contributed by atoms with van der Waals surface area (Å²) < 4.78 is 7.61. The van der Waals surface area contributed by atoms with Gasteiger partial charge in [0.1, 0.15) is 12.2 Å². The fraction of sp³-hybridized carbons (Fsp3) is 0.136. The Morgan fingerprint density at radius 2 is 1.75 bits per heavy atom. The zero-order valence-electron chi connectivity index (χ0n) is 15.7. The normalized spacial score (nSPS) is 10.8. The molecule has 1 N–H and O–H groups in total.